The standard InChI is InChI=1S/C20H26FN3O4/c1-5-22(6-2)19(27)15-17(25)18(26)16(20(28)23(7-3)8-4)24(15)14-11-9-13(21)10-12-14/h9-12,25-26H,5-8H2,1-4H3. The first-order valence-electron chi connectivity index (χ1n) is 9.33. The number of amides is 2. The number of rotatable bonds is 7. The third-order valence-electron chi connectivity index (χ3n) is 4.71. The molecule has 7 nitrogen and oxygen atoms in total. The molecule has 0 aliphatic heterocycles. The zero-order chi connectivity index (χ0) is 21.0. The number of benzene rings is 1. The third-order valence-corrected chi connectivity index (χ3v) is 4.71. The van der Waals surface area contributed by atoms with E-state index in [9.17, 15) is 24.2 Å². The number of carbonyl (C=O) groups is 2. The van der Waals surface area contributed by atoms with Gasteiger partial charge < -0.3 is 20.0 Å². The minimum Gasteiger partial charge on any atom is -0.503 e. The topological polar surface area (TPSA) is 86.0 Å². The number of aromatic nitrogens is 1. The molecule has 0 aliphatic carbocycles. The largest absolute Gasteiger partial charge is 0.503 e. The quantitative estimate of drug-likeness (QED) is 0.760. The highest BCUT2D eigenvalue weighted by Crippen LogP contribution is 2.39. The van der Waals surface area contributed by atoms with E-state index in [1.165, 1.54) is 38.6 Å². The van der Waals surface area contributed by atoms with Crippen molar-refractivity contribution in [1.29, 1.82) is 0 Å². The second-order valence-corrected chi connectivity index (χ2v) is 6.16. The van der Waals surface area contributed by atoms with Crippen LogP contribution < -0.4 is 0 Å². The number of halogens is 1. The summed E-state index contributed by atoms with van der Waals surface area (Å²) in [7, 11) is 0. The maximum absolute atomic E-state index is 13.4. The lowest BCUT2D eigenvalue weighted by Gasteiger charge is -2.22. The van der Waals surface area contributed by atoms with Gasteiger partial charge in [0.15, 0.2) is 22.9 Å². The Morgan fingerprint density at radius 2 is 1.18 bits per heavy atom. The van der Waals surface area contributed by atoms with Crippen LogP contribution >= 0.6 is 0 Å². The summed E-state index contributed by atoms with van der Waals surface area (Å²) in [6, 6.07) is 5.12. The molecule has 0 aliphatic rings. The molecule has 2 amide bonds. The van der Waals surface area contributed by atoms with E-state index in [0.29, 0.717) is 26.2 Å². The van der Waals surface area contributed by atoms with Gasteiger partial charge in [-0.2, -0.15) is 0 Å². The van der Waals surface area contributed by atoms with Crippen LogP contribution in [0.2, 0.25) is 0 Å². The maximum atomic E-state index is 13.4. The van der Waals surface area contributed by atoms with Crippen LogP contribution in [0.5, 0.6) is 11.5 Å². The van der Waals surface area contributed by atoms with E-state index >= 15 is 0 Å². The van der Waals surface area contributed by atoms with E-state index < -0.39 is 29.1 Å². The van der Waals surface area contributed by atoms with Crippen molar-refractivity contribution in [3.8, 4) is 17.2 Å². The lowest BCUT2D eigenvalue weighted by atomic mass is 10.2. The van der Waals surface area contributed by atoms with Gasteiger partial charge in [0.1, 0.15) is 5.82 Å². The minimum absolute atomic E-state index is 0.233. The monoisotopic (exact) mass is 391 g/mol. The average Bonchev–Trinajstić information content (AvgIpc) is 2.95. The summed E-state index contributed by atoms with van der Waals surface area (Å²) in [6.07, 6.45) is 0. The van der Waals surface area contributed by atoms with E-state index in [0.717, 1.165) is 0 Å². The zero-order valence-corrected chi connectivity index (χ0v) is 16.6. The van der Waals surface area contributed by atoms with E-state index in [4.69, 9.17) is 0 Å². The predicted molar refractivity (Wildman–Crippen MR) is 104 cm³/mol. The van der Waals surface area contributed by atoms with E-state index in [1.807, 2.05) is 0 Å². The zero-order valence-electron chi connectivity index (χ0n) is 16.6. The maximum Gasteiger partial charge on any atom is 0.274 e. The highest BCUT2D eigenvalue weighted by atomic mass is 19.1. The minimum atomic E-state index is -0.670. The van der Waals surface area contributed by atoms with Crippen LogP contribution in [-0.4, -0.2) is 62.6 Å². The van der Waals surface area contributed by atoms with Crippen LogP contribution in [0.15, 0.2) is 24.3 Å². The first-order valence-corrected chi connectivity index (χ1v) is 9.33. The van der Waals surface area contributed by atoms with Gasteiger partial charge in [0, 0.05) is 31.9 Å². The molecule has 1 heterocycles. The Morgan fingerprint density at radius 1 is 0.821 bits per heavy atom. The van der Waals surface area contributed by atoms with Crippen molar-refractivity contribution < 1.29 is 24.2 Å². The summed E-state index contributed by atoms with van der Waals surface area (Å²) in [6.45, 7) is 8.65. The molecular formula is C20H26FN3O4. The molecule has 0 saturated carbocycles. The SMILES string of the molecule is CCN(CC)C(=O)c1c(O)c(O)c(C(=O)N(CC)CC)n1-c1ccc(F)cc1. The predicted octanol–water partition coefficient (Wildman–Crippen LogP) is 2.99. The van der Waals surface area contributed by atoms with Crippen LogP contribution in [0, 0.1) is 5.82 Å². The van der Waals surface area contributed by atoms with E-state index in [2.05, 4.69) is 0 Å². The number of hydrogen-bond donors (Lipinski definition) is 2. The Bertz CT molecular complexity index is 806. The second-order valence-electron chi connectivity index (χ2n) is 6.16. The lowest BCUT2D eigenvalue weighted by molar-refractivity contribution is 0.0757. The van der Waals surface area contributed by atoms with Gasteiger partial charge in [-0.1, -0.05) is 0 Å². The van der Waals surface area contributed by atoms with Gasteiger partial charge in [0.25, 0.3) is 11.8 Å². The van der Waals surface area contributed by atoms with Gasteiger partial charge >= 0.3 is 0 Å². The fraction of sp³-hybridized carbons (Fsp3) is 0.400. The second kappa shape index (κ2) is 8.77. The fourth-order valence-electron chi connectivity index (χ4n) is 3.11. The molecular weight excluding hydrogens is 365 g/mol. The summed E-state index contributed by atoms with van der Waals surface area (Å²) in [5.74, 6) is -2.91. The molecule has 8 heteroatoms. The average molecular weight is 391 g/mol. The van der Waals surface area contributed by atoms with Gasteiger partial charge in [-0.3, -0.25) is 14.2 Å². The molecule has 0 unspecified atom stereocenters. The molecule has 152 valence electrons. The van der Waals surface area contributed by atoms with Crippen molar-refractivity contribution >= 4 is 11.8 Å². The Balaban J connectivity index is 2.82. The number of nitrogens with zero attached hydrogens (tertiary/aromatic N) is 3. The summed E-state index contributed by atoms with van der Waals surface area (Å²) in [5, 5.41) is 21.1. The summed E-state index contributed by atoms with van der Waals surface area (Å²) in [5.41, 5.74) is -0.186. The van der Waals surface area contributed by atoms with Crippen molar-refractivity contribution in [3.05, 3.63) is 41.5 Å². The van der Waals surface area contributed by atoms with Crippen LogP contribution in [0.25, 0.3) is 5.69 Å². The van der Waals surface area contributed by atoms with Gasteiger partial charge in [0.2, 0.25) is 0 Å². The molecule has 0 radical (unpaired) electrons. The summed E-state index contributed by atoms with van der Waals surface area (Å²) < 4.78 is 14.6. The Kier molecular flexibility index (Phi) is 6.66. The van der Waals surface area contributed by atoms with Gasteiger partial charge in [-0.15, -0.1) is 0 Å². The Labute approximate surface area is 163 Å². The van der Waals surface area contributed by atoms with Crippen LogP contribution in [0.3, 0.4) is 0 Å². The molecule has 28 heavy (non-hydrogen) atoms. The van der Waals surface area contributed by atoms with E-state index in [-0.39, 0.29) is 17.1 Å². The highest BCUT2D eigenvalue weighted by molar-refractivity contribution is 6.04. The molecule has 0 saturated heterocycles. The van der Waals surface area contributed by atoms with Gasteiger partial charge in [-0.25, -0.2) is 4.39 Å². The van der Waals surface area contributed by atoms with Crippen molar-refractivity contribution in [2.24, 2.45) is 0 Å². The highest BCUT2D eigenvalue weighted by Gasteiger charge is 2.34. The third kappa shape index (κ3) is 3.67. The molecule has 2 aromatic rings. The van der Waals surface area contributed by atoms with Crippen molar-refractivity contribution in [1.82, 2.24) is 14.4 Å². The normalized spacial score (nSPS) is 10.8. The molecule has 0 fully saturated rings. The number of carbonyl (C=O) groups excluding carboxylic acids is 2. The number of aromatic hydroxyl groups is 2. The van der Waals surface area contributed by atoms with Gasteiger partial charge in [-0.05, 0) is 52.0 Å². The Hall–Kier alpha value is -3.03. The van der Waals surface area contributed by atoms with Crippen molar-refractivity contribution in [3.63, 3.8) is 0 Å². The molecule has 1 aromatic heterocycles. The summed E-state index contributed by atoms with van der Waals surface area (Å²) in [4.78, 5) is 29.0. The first-order chi connectivity index (χ1) is 13.3. The molecule has 2 rings (SSSR count). The number of hydrogen-bond acceptors (Lipinski definition) is 4. The molecule has 2 N–H and O–H groups in total. The lowest BCUT2D eigenvalue weighted by Crippen LogP contribution is -2.34. The van der Waals surface area contributed by atoms with Crippen LogP contribution in [0.4, 0.5) is 4.39 Å². The van der Waals surface area contributed by atoms with Crippen LogP contribution in [0.1, 0.15) is 48.7 Å². The van der Waals surface area contributed by atoms with Crippen LogP contribution in [-0.2, 0) is 0 Å². The first kappa shape index (κ1) is 21.3. The summed E-state index contributed by atoms with van der Waals surface area (Å²) >= 11 is 0. The van der Waals surface area contributed by atoms with Gasteiger partial charge in [0.05, 0.1) is 0 Å². The Morgan fingerprint density at radius 3 is 1.50 bits per heavy atom. The fourth-order valence-corrected chi connectivity index (χ4v) is 3.11. The van der Waals surface area contributed by atoms with Crippen molar-refractivity contribution in [2.45, 2.75) is 27.7 Å². The molecule has 1 aromatic carbocycles. The molecule has 0 atom stereocenters. The molecule has 0 spiro atoms. The van der Waals surface area contributed by atoms with E-state index in [1.54, 1.807) is 27.7 Å². The van der Waals surface area contributed by atoms with Crippen molar-refractivity contribution in [2.75, 3.05) is 26.2 Å². The molecule has 0 bridgehead atoms. The smallest absolute Gasteiger partial charge is 0.274 e.